The van der Waals surface area contributed by atoms with Crippen molar-refractivity contribution in [2.45, 2.75) is 31.9 Å². The summed E-state index contributed by atoms with van der Waals surface area (Å²) in [5.41, 5.74) is -2.56. The van der Waals surface area contributed by atoms with Crippen LogP contribution in [0.1, 0.15) is 34.3 Å². The maximum absolute atomic E-state index is 13.5. The van der Waals surface area contributed by atoms with E-state index in [9.17, 15) is 31.1 Å². The minimum absolute atomic E-state index is 0.0212. The monoisotopic (exact) mass is 442 g/mol. The number of carbonyl (C=O) groups excluding carboxylic acids is 1. The van der Waals surface area contributed by atoms with Crippen LogP contribution in [0, 0.1) is 6.92 Å². The molecule has 0 aliphatic rings. The molecule has 0 aliphatic carbocycles. The minimum Gasteiger partial charge on any atom is -0.342 e. The van der Waals surface area contributed by atoms with Gasteiger partial charge in [0.1, 0.15) is 12.4 Å². The number of hydrogen-bond acceptors (Lipinski definition) is 3. The highest BCUT2D eigenvalue weighted by atomic mass is 19.4. The molecule has 31 heavy (non-hydrogen) atoms. The van der Waals surface area contributed by atoms with Crippen molar-refractivity contribution in [2.75, 3.05) is 0 Å². The number of hydrogen-bond donors (Lipinski definition) is 1. The van der Waals surface area contributed by atoms with Crippen LogP contribution in [0.2, 0.25) is 0 Å². The van der Waals surface area contributed by atoms with Crippen molar-refractivity contribution in [3.63, 3.8) is 0 Å². The highest BCUT2D eigenvalue weighted by molar-refractivity contribution is 5.77. The van der Waals surface area contributed by atoms with Crippen LogP contribution in [-0.2, 0) is 23.7 Å². The van der Waals surface area contributed by atoms with Crippen molar-refractivity contribution in [3.05, 3.63) is 83.2 Å². The van der Waals surface area contributed by atoms with Crippen LogP contribution >= 0.6 is 0 Å². The second-order valence-corrected chi connectivity index (χ2v) is 6.66. The molecule has 1 aromatic carbocycles. The lowest BCUT2D eigenvalue weighted by Crippen LogP contribution is -2.34. The molecule has 0 bridgehead atoms. The molecule has 11 heteroatoms. The maximum atomic E-state index is 13.5. The molecule has 164 valence electrons. The second-order valence-electron chi connectivity index (χ2n) is 6.66. The average Bonchev–Trinajstić information content (AvgIpc) is 3.09. The third kappa shape index (κ3) is 5.22. The van der Waals surface area contributed by atoms with Crippen molar-refractivity contribution < 1.29 is 31.1 Å². The molecule has 1 amide bonds. The Hall–Kier alpha value is -3.37. The molecule has 3 rings (SSSR count). The van der Waals surface area contributed by atoms with Crippen LogP contribution in [0.25, 0.3) is 0 Å². The Bertz CT molecular complexity index is 1060. The summed E-state index contributed by atoms with van der Waals surface area (Å²) in [7, 11) is 0. The number of benzene rings is 1. The Morgan fingerprint density at radius 1 is 1.00 bits per heavy atom. The summed E-state index contributed by atoms with van der Waals surface area (Å²) in [5, 5.41) is 2.45. The number of alkyl halides is 6. The molecule has 0 fully saturated rings. The Morgan fingerprint density at radius 3 is 2.23 bits per heavy atom. The van der Waals surface area contributed by atoms with E-state index in [4.69, 9.17) is 0 Å². The van der Waals surface area contributed by atoms with Crippen LogP contribution in [-0.4, -0.2) is 20.4 Å². The molecule has 2 heterocycles. The first kappa shape index (κ1) is 22.3. The summed E-state index contributed by atoms with van der Waals surface area (Å²) >= 11 is 0. The number of imidazole rings is 1. The zero-order valence-corrected chi connectivity index (χ0v) is 16.0. The fourth-order valence-corrected chi connectivity index (χ4v) is 2.99. The van der Waals surface area contributed by atoms with E-state index in [0.29, 0.717) is 5.82 Å². The van der Waals surface area contributed by atoms with E-state index in [1.165, 1.54) is 17.0 Å². The number of amides is 1. The number of nitrogens with one attached hydrogen (secondary N) is 1. The van der Waals surface area contributed by atoms with Gasteiger partial charge >= 0.3 is 12.4 Å². The Morgan fingerprint density at radius 2 is 1.68 bits per heavy atom. The molecule has 0 radical (unpaired) electrons. The standard InChI is InChI=1S/C20H16F6N4O/c1-12-27-9-10-30(12)11-16(31)29-17(13-4-6-14(7-5-13)19(21,22)23)18-15(20(24,25)26)3-2-8-28-18/h2-10,17H,11H2,1H3,(H,29,31). The Labute approximate surface area is 172 Å². The predicted molar refractivity (Wildman–Crippen MR) is 97.6 cm³/mol. The van der Waals surface area contributed by atoms with E-state index in [2.05, 4.69) is 15.3 Å². The highest BCUT2D eigenvalue weighted by Crippen LogP contribution is 2.36. The third-order valence-electron chi connectivity index (χ3n) is 4.53. The fourth-order valence-electron chi connectivity index (χ4n) is 2.99. The maximum Gasteiger partial charge on any atom is 0.418 e. The van der Waals surface area contributed by atoms with Crippen molar-refractivity contribution in [1.82, 2.24) is 19.9 Å². The van der Waals surface area contributed by atoms with E-state index in [0.717, 1.165) is 42.6 Å². The van der Waals surface area contributed by atoms with Gasteiger partial charge in [0.25, 0.3) is 0 Å². The van der Waals surface area contributed by atoms with Gasteiger partial charge in [0.05, 0.1) is 22.9 Å². The van der Waals surface area contributed by atoms with Gasteiger partial charge in [-0.15, -0.1) is 0 Å². The fraction of sp³-hybridized carbons (Fsp3) is 0.250. The molecule has 2 aromatic heterocycles. The Balaban J connectivity index is 2.01. The van der Waals surface area contributed by atoms with Gasteiger partial charge in [-0.25, -0.2) is 4.98 Å². The van der Waals surface area contributed by atoms with Crippen LogP contribution in [0.4, 0.5) is 26.3 Å². The molecular formula is C20H16F6N4O. The lowest BCUT2D eigenvalue weighted by molar-refractivity contribution is -0.139. The molecular weight excluding hydrogens is 426 g/mol. The molecule has 0 saturated heterocycles. The summed E-state index contributed by atoms with van der Waals surface area (Å²) in [5.74, 6) is -0.153. The van der Waals surface area contributed by atoms with Crippen LogP contribution < -0.4 is 5.32 Å². The van der Waals surface area contributed by atoms with E-state index < -0.39 is 41.1 Å². The number of carbonyl (C=O) groups is 1. The van der Waals surface area contributed by atoms with Gasteiger partial charge in [-0.3, -0.25) is 9.78 Å². The normalized spacial score (nSPS) is 13.1. The predicted octanol–water partition coefficient (Wildman–Crippen LogP) is 4.53. The van der Waals surface area contributed by atoms with Gasteiger partial charge in [-0.05, 0) is 36.8 Å². The molecule has 1 N–H and O–H groups in total. The summed E-state index contributed by atoms with van der Waals surface area (Å²) in [6.07, 6.45) is -5.30. The average molecular weight is 442 g/mol. The first-order valence-corrected chi connectivity index (χ1v) is 8.93. The first-order chi connectivity index (χ1) is 14.5. The molecule has 0 spiro atoms. The number of halogens is 6. The minimum atomic E-state index is -4.78. The van der Waals surface area contributed by atoms with E-state index in [1.807, 2.05) is 0 Å². The van der Waals surface area contributed by atoms with Gasteiger partial charge in [-0.2, -0.15) is 26.3 Å². The molecule has 0 saturated carbocycles. The number of pyridine rings is 1. The smallest absolute Gasteiger partial charge is 0.342 e. The van der Waals surface area contributed by atoms with Crippen LogP contribution in [0.5, 0.6) is 0 Å². The zero-order valence-electron chi connectivity index (χ0n) is 16.0. The van der Waals surface area contributed by atoms with Gasteiger partial charge in [0.15, 0.2) is 0 Å². The molecule has 3 aromatic rings. The summed E-state index contributed by atoms with van der Waals surface area (Å²) in [6.45, 7) is 1.40. The first-order valence-electron chi connectivity index (χ1n) is 8.93. The number of nitrogens with zero attached hydrogens (tertiary/aromatic N) is 3. The Kier molecular flexibility index (Phi) is 6.05. The van der Waals surface area contributed by atoms with E-state index >= 15 is 0 Å². The molecule has 1 atom stereocenters. The van der Waals surface area contributed by atoms with Crippen molar-refractivity contribution >= 4 is 5.91 Å². The molecule has 0 aliphatic heterocycles. The highest BCUT2D eigenvalue weighted by Gasteiger charge is 2.37. The lowest BCUT2D eigenvalue weighted by atomic mass is 9.97. The van der Waals surface area contributed by atoms with E-state index in [-0.39, 0.29) is 12.1 Å². The quantitative estimate of drug-likeness (QED) is 0.591. The van der Waals surface area contributed by atoms with Gasteiger partial charge < -0.3 is 9.88 Å². The van der Waals surface area contributed by atoms with Crippen molar-refractivity contribution in [2.24, 2.45) is 0 Å². The van der Waals surface area contributed by atoms with Crippen LogP contribution in [0.3, 0.4) is 0 Å². The van der Waals surface area contributed by atoms with Gasteiger partial charge in [-0.1, -0.05) is 12.1 Å². The van der Waals surface area contributed by atoms with Crippen molar-refractivity contribution in [1.29, 1.82) is 0 Å². The molecule has 5 nitrogen and oxygen atoms in total. The number of aryl methyl sites for hydroxylation is 1. The molecule has 1 unspecified atom stereocenters. The SMILES string of the molecule is Cc1nccn1CC(=O)NC(c1ccc(C(F)(F)F)cc1)c1ncccc1C(F)(F)F. The van der Waals surface area contributed by atoms with Gasteiger partial charge in [0.2, 0.25) is 5.91 Å². The number of rotatable bonds is 5. The topological polar surface area (TPSA) is 59.8 Å². The zero-order chi connectivity index (χ0) is 22.8. The lowest BCUT2D eigenvalue weighted by Gasteiger charge is -2.23. The van der Waals surface area contributed by atoms with E-state index in [1.54, 1.807) is 6.92 Å². The van der Waals surface area contributed by atoms with Crippen LogP contribution in [0.15, 0.2) is 55.0 Å². The largest absolute Gasteiger partial charge is 0.418 e. The summed E-state index contributed by atoms with van der Waals surface area (Å²) in [6, 6.07) is 3.99. The number of aromatic nitrogens is 3. The summed E-state index contributed by atoms with van der Waals surface area (Å²) < 4.78 is 80.7. The van der Waals surface area contributed by atoms with Gasteiger partial charge in [0, 0.05) is 18.6 Å². The van der Waals surface area contributed by atoms with Crippen molar-refractivity contribution in [3.8, 4) is 0 Å². The summed E-state index contributed by atoms with van der Waals surface area (Å²) in [4.78, 5) is 20.3. The third-order valence-corrected chi connectivity index (χ3v) is 4.53. The second kappa shape index (κ2) is 8.40.